The van der Waals surface area contributed by atoms with Crippen LogP contribution in [0.25, 0.3) is 6.08 Å². The van der Waals surface area contributed by atoms with Gasteiger partial charge in [-0.05, 0) is 60.5 Å². The van der Waals surface area contributed by atoms with Crippen LogP contribution < -0.4 is 24.9 Å². The smallest absolute Gasteiger partial charge is 0.271 e. The number of anilines is 1. The van der Waals surface area contributed by atoms with Gasteiger partial charge in [0.25, 0.3) is 11.5 Å². The lowest BCUT2D eigenvalue weighted by molar-refractivity contribution is -0.113. The lowest BCUT2D eigenvalue weighted by atomic mass is 9.95. The van der Waals surface area contributed by atoms with E-state index in [-0.39, 0.29) is 11.5 Å². The molecule has 0 bridgehead atoms. The fourth-order valence-electron chi connectivity index (χ4n) is 4.07. The van der Waals surface area contributed by atoms with Gasteiger partial charge in [0.15, 0.2) is 4.80 Å². The monoisotopic (exact) mass is 482 g/mol. The number of allylic oxidation sites excluding steroid dienone is 1. The third-order valence-electron chi connectivity index (χ3n) is 5.71. The highest BCUT2D eigenvalue weighted by molar-refractivity contribution is 7.07. The van der Waals surface area contributed by atoms with Crippen molar-refractivity contribution < 1.29 is 9.53 Å². The summed E-state index contributed by atoms with van der Waals surface area (Å²) in [6.07, 6.45) is 5.17. The van der Waals surface area contributed by atoms with Crippen LogP contribution in [0.3, 0.4) is 0 Å². The van der Waals surface area contributed by atoms with Gasteiger partial charge in [0.2, 0.25) is 0 Å². The predicted molar refractivity (Wildman–Crippen MR) is 136 cm³/mol. The standard InChI is InChI=1S/C27H22N4O3S/c1-17-23(25(32)30-20-8-4-3-5-9-20)24(19-7-6-10-21(16-19)34-2)31-26(33)22(35-27(31)29-17)15-18-11-13-28-14-12-18/h3-16,24H,1-2H3,(H,30,32)/b22-15-/t24-/m1/s1. The summed E-state index contributed by atoms with van der Waals surface area (Å²) in [6.45, 7) is 1.80. The van der Waals surface area contributed by atoms with Gasteiger partial charge >= 0.3 is 0 Å². The fourth-order valence-corrected chi connectivity index (χ4v) is 5.12. The highest BCUT2D eigenvalue weighted by atomic mass is 32.1. The van der Waals surface area contributed by atoms with Crippen LogP contribution in [0.4, 0.5) is 5.69 Å². The minimum atomic E-state index is -0.662. The van der Waals surface area contributed by atoms with Gasteiger partial charge in [0.1, 0.15) is 5.75 Å². The number of fused-ring (bicyclic) bond motifs is 1. The van der Waals surface area contributed by atoms with Crippen LogP contribution in [-0.4, -0.2) is 22.6 Å². The number of amides is 1. The SMILES string of the molecule is COc1cccc([C@@H]2C(C(=O)Nc3ccccc3)=C(C)N=c3s/c(=C\c4ccncc4)c(=O)n32)c1. The third-order valence-corrected chi connectivity index (χ3v) is 6.69. The molecule has 0 spiro atoms. The summed E-state index contributed by atoms with van der Waals surface area (Å²) >= 11 is 1.30. The highest BCUT2D eigenvalue weighted by Gasteiger charge is 2.32. The van der Waals surface area contributed by atoms with Crippen LogP contribution in [-0.2, 0) is 4.79 Å². The van der Waals surface area contributed by atoms with E-state index in [1.807, 2.05) is 72.8 Å². The van der Waals surface area contributed by atoms with E-state index in [2.05, 4.69) is 15.3 Å². The van der Waals surface area contributed by atoms with E-state index in [9.17, 15) is 9.59 Å². The second-order valence-corrected chi connectivity index (χ2v) is 8.97. The van der Waals surface area contributed by atoms with Crippen molar-refractivity contribution in [2.45, 2.75) is 13.0 Å². The number of para-hydroxylation sites is 1. The van der Waals surface area contributed by atoms with E-state index >= 15 is 0 Å². The lowest BCUT2D eigenvalue weighted by Crippen LogP contribution is -2.40. The number of hydrogen-bond acceptors (Lipinski definition) is 6. The number of benzene rings is 2. The molecule has 4 aromatic rings. The van der Waals surface area contributed by atoms with Gasteiger partial charge in [-0.15, -0.1) is 0 Å². The molecule has 0 aliphatic carbocycles. The van der Waals surface area contributed by atoms with Gasteiger partial charge in [-0.2, -0.15) is 0 Å². The van der Waals surface area contributed by atoms with Crippen molar-refractivity contribution in [2.24, 2.45) is 4.99 Å². The summed E-state index contributed by atoms with van der Waals surface area (Å²) in [5.74, 6) is 0.326. The van der Waals surface area contributed by atoms with Crippen molar-refractivity contribution in [2.75, 3.05) is 12.4 Å². The van der Waals surface area contributed by atoms with Crippen LogP contribution in [0.2, 0.25) is 0 Å². The molecule has 0 saturated carbocycles. The molecular formula is C27H22N4O3S. The second-order valence-electron chi connectivity index (χ2n) is 7.96. The normalized spacial score (nSPS) is 15.4. The average Bonchev–Trinajstić information content (AvgIpc) is 3.18. The molecule has 1 aliphatic rings. The summed E-state index contributed by atoms with van der Waals surface area (Å²) in [5, 5.41) is 2.95. The summed E-state index contributed by atoms with van der Waals surface area (Å²) in [5.41, 5.74) is 3.04. The van der Waals surface area contributed by atoms with Crippen LogP contribution in [0, 0.1) is 0 Å². The van der Waals surface area contributed by atoms with E-state index < -0.39 is 6.04 Å². The Kier molecular flexibility index (Phi) is 6.12. The maximum absolute atomic E-state index is 13.7. The zero-order chi connectivity index (χ0) is 24.4. The van der Waals surface area contributed by atoms with Crippen molar-refractivity contribution in [1.29, 1.82) is 0 Å². The number of nitrogens with one attached hydrogen (secondary N) is 1. The Morgan fingerprint density at radius 2 is 1.86 bits per heavy atom. The first-order chi connectivity index (χ1) is 17.0. The molecule has 1 amide bonds. The number of aromatic nitrogens is 2. The molecule has 174 valence electrons. The molecule has 0 radical (unpaired) electrons. The maximum atomic E-state index is 13.7. The van der Waals surface area contributed by atoms with E-state index in [0.717, 1.165) is 11.1 Å². The Morgan fingerprint density at radius 3 is 2.60 bits per heavy atom. The van der Waals surface area contributed by atoms with Gasteiger partial charge in [-0.3, -0.25) is 19.1 Å². The Hall–Kier alpha value is -4.30. The number of rotatable bonds is 5. The molecule has 1 N–H and O–H groups in total. The summed E-state index contributed by atoms with van der Waals surface area (Å²) in [6, 6.07) is 19.6. The zero-order valence-electron chi connectivity index (χ0n) is 19.1. The van der Waals surface area contributed by atoms with Crippen LogP contribution in [0.1, 0.15) is 24.1 Å². The molecule has 3 heterocycles. The number of thiazole rings is 1. The molecule has 0 unspecified atom stereocenters. The Morgan fingerprint density at radius 1 is 1.09 bits per heavy atom. The summed E-state index contributed by atoms with van der Waals surface area (Å²) in [4.78, 5) is 36.5. The number of pyridine rings is 1. The fraction of sp³-hybridized carbons (Fsp3) is 0.111. The van der Waals surface area contributed by atoms with Crippen molar-refractivity contribution >= 4 is 29.0 Å². The van der Waals surface area contributed by atoms with Gasteiger partial charge in [-0.25, -0.2) is 4.99 Å². The van der Waals surface area contributed by atoms with E-state index in [0.29, 0.717) is 32.0 Å². The molecule has 0 saturated heterocycles. The molecule has 7 nitrogen and oxygen atoms in total. The minimum Gasteiger partial charge on any atom is -0.497 e. The summed E-state index contributed by atoms with van der Waals surface area (Å²) in [7, 11) is 1.59. The number of carbonyl (C=O) groups is 1. The quantitative estimate of drug-likeness (QED) is 0.473. The molecule has 2 aromatic carbocycles. The number of ether oxygens (including phenoxy) is 1. The lowest BCUT2D eigenvalue weighted by Gasteiger charge is -2.25. The van der Waals surface area contributed by atoms with Crippen LogP contribution >= 0.6 is 11.3 Å². The first kappa shape index (κ1) is 22.5. The Balaban J connectivity index is 1.69. The Bertz CT molecular complexity index is 1610. The molecular weight excluding hydrogens is 460 g/mol. The number of carbonyl (C=O) groups excluding carboxylic acids is 1. The van der Waals surface area contributed by atoms with Crippen molar-refractivity contribution in [3.63, 3.8) is 0 Å². The largest absolute Gasteiger partial charge is 0.497 e. The predicted octanol–water partition coefficient (Wildman–Crippen LogP) is 3.28. The van der Waals surface area contributed by atoms with E-state index in [4.69, 9.17) is 4.74 Å². The van der Waals surface area contributed by atoms with Gasteiger partial charge in [0.05, 0.1) is 29.0 Å². The van der Waals surface area contributed by atoms with E-state index in [1.165, 1.54) is 11.3 Å². The van der Waals surface area contributed by atoms with Crippen LogP contribution in [0.5, 0.6) is 5.75 Å². The maximum Gasteiger partial charge on any atom is 0.271 e. The number of hydrogen-bond donors (Lipinski definition) is 1. The first-order valence-corrected chi connectivity index (χ1v) is 11.8. The molecule has 0 fully saturated rings. The zero-order valence-corrected chi connectivity index (χ0v) is 20.0. The molecule has 8 heteroatoms. The molecule has 35 heavy (non-hydrogen) atoms. The summed E-state index contributed by atoms with van der Waals surface area (Å²) < 4.78 is 7.55. The van der Waals surface area contributed by atoms with Crippen molar-refractivity contribution in [3.8, 4) is 5.75 Å². The third kappa shape index (κ3) is 4.43. The topological polar surface area (TPSA) is 85.6 Å². The van der Waals surface area contributed by atoms with Gasteiger partial charge < -0.3 is 10.1 Å². The van der Waals surface area contributed by atoms with Crippen molar-refractivity contribution in [1.82, 2.24) is 9.55 Å². The highest BCUT2D eigenvalue weighted by Crippen LogP contribution is 2.32. The minimum absolute atomic E-state index is 0.212. The number of methoxy groups -OCH3 is 1. The molecule has 1 atom stereocenters. The molecule has 2 aromatic heterocycles. The Labute approximate surface area is 205 Å². The van der Waals surface area contributed by atoms with Gasteiger partial charge in [0, 0.05) is 18.1 Å². The molecule has 5 rings (SSSR count). The van der Waals surface area contributed by atoms with Crippen molar-refractivity contribution in [3.05, 3.63) is 121 Å². The number of nitrogens with zero attached hydrogens (tertiary/aromatic N) is 3. The van der Waals surface area contributed by atoms with Gasteiger partial charge in [-0.1, -0.05) is 41.7 Å². The second kappa shape index (κ2) is 9.52. The van der Waals surface area contributed by atoms with Crippen LogP contribution in [0.15, 0.2) is 100 Å². The first-order valence-electron chi connectivity index (χ1n) is 11.0. The van der Waals surface area contributed by atoms with E-state index in [1.54, 1.807) is 31.0 Å². The average molecular weight is 483 g/mol. The molecule has 1 aliphatic heterocycles.